The van der Waals surface area contributed by atoms with E-state index in [1.807, 2.05) is 0 Å². The predicted molar refractivity (Wildman–Crippen MR) is 85.7 cm³/mol. The van der Waals surface area contributed by atoms with Gasteiger partial charge in [-0.3, -0.25) is 9.59 Å². The van der Waals surface area contributed by atoms with Gasteiger partial charge in [0.05, 0.1) is 12.5 Å². The molecule has 0 amide bonds. The summed E-state index contributed by atoms with van der Waals surface area (Å²) in [5.74, 6) is -1.07. The van der Waals surface area contributed by atoms with Crippen LogP contribution in [0.5, 0.6) is 5.75 Å². The number of hydrogen-bond donors (Lipinski definition) is 2. The lowest BCUT2D eigenvalue weighted by Gasteiger charge is -2.29. The standard InChI is InChI=1S/C18H18O5/c1-18(2)15(23-3)10-14(21)16(17(18)22)13(20)9-6-11-4-7-12(19)8-5-11/h4-10,19-20H,1-3H3/b9-6+,16-13+. The van der Waals surface area contributed by atoms with Crippen LogP contribution in [0, 0.1) is 5.41 Å². The summed E-state index contributed by atoms with van der Waals surface area (Å²) in [5.41, 5.74) is -0.567. The van der Waals surface area contributed by atoms with Crippen molar-refractivity contribution in [3.05, 3.63) is 59.1 Å². The lowest BCUT2D eigenvalue weighted by molar-refractivity contribution is -0.127. The third-order valence-corrected chi connectivity index (χ3v) is 3.72. The number of hydrogen-bond acceptors (Lipinski definition) is 5. The maximum Gasteiger partial charge on any atom is 0.196 e. The van der Waals surface area contributed by atoms with Gasteiger partial charge < -0.3 is 14.9 Å². The summed E-state index contributed by atoms with van der Waals surface area (Å²) in [4.78, 5) is 24.6. The lowest BCUT2D eigenvalue weighted by atomic mass is 9.76. The van der Waals surface area contributed by atoms with Crippen LogP contribution in [-0.4, -0.2) is 28.9 Å². The molecule has 0 saturated heterocycles. The van der Waals surface area contributed by atoms with Crippen LogP contribution in [0.2, 0.25) is 0 Å². The molecule has 2 N–H and O–H groups in total. The maximum atomic E-state index is 12.5. The predicted octanol–water partition coefficient (Wildman–Crippen LogP) is 2.93. The van der Waals surface area contributed by atoms with Gasteiger partial charge in [0.2, 0.25) is 0 Å². The van der Waals surface area contributed by atoms with E-state index in [1.54, 1.807) is 32.1 Å². The Kier molecular flexibility index (Phi) is 4.40. The number of ether oxygens (including phenoxy) is 1. The number of phenolic OH excluding ortho intramolecular Hbond substituents is 1. The first-order chi connectivity index (χ1) is 10.8. The van der Waals surface area contributed by atoms with Gasteiger partial charge in [-0.15, -0.1) is 0 Å². The van der Waals surface area contributed by atoms with Gasteiger partial charge in [0.15, 0.2) is 11.6 Å². The number of allylic oxidation sites excluding steroid dienone is 4. The molecule has 1 aromatic carbocycles. The van der Waals surface area contributed by atoms with Crippen molar-refractivity contribution in [2.45, 2.75) is 13.8 Å². The van der Waals surface area contributed by atoms with E-state index in [4.69, 9.17) is 4.74 Å². The zero-order valence-corrected chi connectivity index (χ0v) is 13.2. The summed E-state index contributed by atoms with van der Waals surface area (Å²) >= 11 is 0. The molecule has 5 nitrogen and oxygen atoms in total. The van der Waals surface area contributed by atoms with Crippen molar-refractivity contribution in [1.82, 2.24) is 0 Å². The van der Waals surface area contributed by atoms with Gasteiger partial charge in [-0.05, 0) is 37.6 Å². The minimum absolute atomic E-state index is 0.126. The number of rotatable bonds is 3. The van der Waals surface area contributed by atoms with E-state index in [0.29, 0.717) is 5.56 Å². The molecule has 0 aromatic heterocycles. The highest BCUT2D eigenvalue weighted by Gasteiger charge is 2.43. The van der Waals surface area contributed by atoms with Gasteiger partial charge >= 0.3 is 0 Å². The first-order valence-electron chi connectivity index (χ1n) is 7.03. The Balaban J connectivity index is 2.40. The number of benzene rings is 1. The fourth-order valence-corrected chi connectivity index (χ4v) is 2.31. The zero-order valence-electron chi connectivity index (χ0n) is 13.2. The number of aliphatic hydroxyl groups is 1. The molecule has 1 aliphatic rings. The highest BCUT2D eigenvalue weighted by molar-refractivity contribution is 6.29. The van der Waals surface area contributed by atoms with Crippen LogP contribution < -0.4 is 0 Å². The minimum atomic E-state index is -1.02. The Hall–Kier alpha value is -2.82. The molecule has 1 aliphatic carbocycles. The molecule has 120 valence electrons. The molecule has 1 aromatic rings. The van der Waals surface area contributed by atoms with Crippen LogP contribution in [0.1, 0.15) is 19.4 Å². The molecule has 0 unspecified atom stereocenters. The molecule has 0 heterocycles. The molecule has 0 spiro atoms. The minimum Gasteiger partial charge on any atom is -0.508 e. The number of ketones is 2. The number of aliphatic hydroxyl groups excluding tert-OH is 1. The molecule has 0 atom stereocenters. The smallest absolute Gasteiger partial charge is 0.196 e. The van der Waals surface area contributed by atoms with E-state index < -0.39 is 22.7 Å². The van der Waals surface area contributed by atoms with Gasteiger partial charge in [-0.25, -0.2) is 0 Å². The Morgan fingerprint density at radius 1 is 1.17 bits per heavy atom. The average molecular weight is 314 g/mol. The van der Waals surface area contributed by atoms with Crippen molar-refractivity contribution >= 4 is 17.6 Å². The number of methoxy groups -OCH3 is 1. The molecule has 5 heteroatoms. The highest BCUT2D eigenvalue weighted by atomic mass is 16.5. The molecule has 0 aliphatic heterocycles. The topological polar surface area (TPSA) is 83.8 Å². The fraction of sp³-hybridized carbons (Fsp3) is 0.222. The van der Waals surface area contributed by atoms with Crippen LogP contribution in [0.4, 0.5) is 0 Å². The van der Waals surface area contributed by atoms with Crippen molar-refractivity contribution in [2.75, 3.05) is 7.11 Å². The maximum absolute atomic E-state index is 12.5. The normalized spacial score (nSPS) is 19.7. The largest absolute Gasteiger partial charge is 0.508 e. The first kappa shape index (κ1) is 16.5. The number of phenols is 1. The van der Waals surface area contributed by atoms with E-state index in [2.05, 4.69) is 0 Å². The summed E-state index contributed by atoms with van der Waals surface area (Å²) in [6.07, 6.45) is 4.06. The monoisotopic (exact) mass is 314 g/mol. The van der Waals surface area contributed by atoms with Gasteiger partial charge in [0, 0.05) is 6.08 Å². The molecule has 0 bridgehead atoms. The number of aromatic hydroxyl groups is 1. The number of Topliss-reactive ketones (excluding diaryl/α,β-unsaturated/α-hetero) is 1. The molecular weight excluding hydrogens is 296 g/mol. The van der Waals surface area contributed by atoms with Crippen LogP contribution in [-0.2, 0) is 14.3 Å². The van der Waals surface area contributed by atoms with Gasteiger partial charge in [0.1, 0.15) is 22.8 Å². The van der Waals surface area contributed by atoms with Gasteiger partial charge in [-0.2, -0.15) is 0 Å². The van der Waals surface area contributed by atoms with E-state index in [-0.39, 0.29) is 17.1 Å². The Morgan fingerprint density at radius 2 is 1.78 bits per heavy atom. The van der Waals surface area contributed by atoms with E-state index in [9.17, 15) is 19.8 Å². The van der Waals surface area contributed by atoms with Crippen molar-refractivity contribution < 1.29 is 24.5 Å². The average Bonchev–Trinajstić information content (AvgIpc) is 2.50. The van der Waals surface area contributed by atoms with E-state index in [1.165, 1.54) is 31.4 Å². The second-order valence-corrected chi connectivity index (χ2v) is 5.72. The fourth-order valence-electron chi connectivity index (χ4n) is 2.31. The lowest BCUT2D eigenvalue weighted by Crippen LogP contribution is -2.36. The van der Waals surface area contributed by atoms with Crippen molar-refractivity contribution in [3.63, 3.8) is 0 Å². The van der Waals surface area contributed by atoms with Crippen LogP contribution in [0.25, 0.3) is 6.08 Å². The van der Waals surface area contributed by atoms with E-state index in [0.717, 1.165) is 0 Å². The third-order valence-electron chi connectivity index (χ3n) is 3.72. The van der Waals surface area contributed by atoms with E-state index >= 15 is 0 Å². The SMILES string of the molecule is COC1=CC(=O)/C(=C(O)/C=C/c2ccc(O)cc2)C(=O)C1(C)C. The van der Waals surface area contributed by atoms with Crippen molar-refractivity contribution in [1.29, 1.82) is 0 Å². The second-order valence-electron chi connectivity index (χ2n) is 5.72. The van der Waals surface area contributed by atoms with Crippen LogP contribution >= 0.6 is 0 Å². The van der Waals surface area contributed by atoms with Crippen LogP contribution in [0.3, 0.4) is 0 Å². The van der Waals surface area contributed by atoms with Crippen molar-refractivity contribution in [3.8, 4) is 5.75 Å². The second kappa shape index (κ2) is 6.12. The molecule has 0 radical (unpaired) electrons. The van der Waals surface area contributed by atoms with Crippen LogP contribution in [0.15, 0.2) is 53.5 Å². The highest BCUT2D eigenvalue weighted by Crippen LogP contribution is 2.36. The zero-order chi connectivity index (χ0) is 17.2. The molecule has 23 heavy (non-hydrogen) atoms. The molecular formula is C18H18O5. The third kappa shape index (κ3) is 3.18. The van der Waals surface area contributed by atoms with Gasteiger partial charge in [0.25, 0.3) is 0 Å². The summed E-state index contributed by atoms with van der Waals surface area (Å²) in [6, 6.07) is 6.28. The quantitative estimate of drug-likeness (QED) is 0.509. The first-order valence-corrected chi connectivity index (χ1v) is 7.03. The summed E-state index contributed by atoms with van der Waals surface area (Å²) < 4.78 is 5.09. The van der Waals surface area contributed by atoms with Crippen molar-refractivity contribution in [2.24, 2.45) is 5.41 Å². The number of carbonyl (C=O) groups is 2. The Morgan fingerprint density at radius 3 is 2.35 bits per heavy atom. The Labute approximate surface area is 134 Å². The molecule has 2 rings (SSSR count). The summed E-state index contributed by atoms with van der Waals surface area (Å²) in [7, 11) is 1.40. The van der Waals surface area contributed by atoms with Gasteiger partial charge in [-0.1, -0.05) is 18.2 Å². The summed E-state index contributed by atoms with van der Waals surface area (Å²) in [6.45, 7) is 3.27. The summed E-state index contributed by atoms with van der Waals surface area (Å²) in [5, 5.41) is 19.4. The molecule has 0 saturated carbocycles. The Bertz CT molecular complexity index is 733. The number of carbonyl (C=O) groups excluding carboxylic acids is 2. The molecule has 0 fully saturated rings.